The van der Waals surface area contributed by atoms with Gasteiger partial charge in [0.1, 0.15) is 5.25 Å². The maximum Gasteiger partial charge on any atom is 0.335 e. The number of carbonyl (C=O) groups is 3. The summed E-state index contributed by atoms with van der Waals surface area (Å²) in [5.41, 5.74) is 1.03. The molecule has 1 saturated heterocycles. The third-order valence-corrected chi connectivity index (χ3v) is 5.48. The standard InChI is InChI=1S/C19H16ClN3O4S/c1-23-16(24)10-15(28-19(23)22-13-7-5-12(20)6-8-13)17(25)21-14-4-2-3-11(9-14)18(26)27/h2-9,15H,10H2,1H3,(H,21,25)(H,26,27). The number of hydrogen-bond donors (Lipinski definition) is 2. The van der Waals surface area contributed by atoms with Crippen molar-refractivity contribution < 1.29 is 19.5 Å². The Bertz CT molecular complexity index is 962. The Morgan fingerprint density at radius 3 is 2.64 bits per heavy atom. The number of amides is 2. The molecule has 3 rings (SSSR count). The predicted octanol–water partition coefficient (Wildman–Crippen LogP) is 3.63. The molecule has 0 saturated carbocycles. The van der Waals surface area contributed by atoms with Crippen LogP contribution >= 0.6 is 23.4 Å². The van der Waals surface area contributed by atoms with Crippen LogP contribution in [0.5, 0.6) is 0 Å². The average Bonchev–Trinajstić information content (AvgIpc) is 2.67. The van der Waals surface area contributed by atoms with E-state index in [1.165, 1.54) is 28.8 Å². The first kappa shape index (κ1) is 19.9. The van der Waals surface area contributed by atoms with Crippen molar-refractivity contribution in [2.75, 3.05) is 12.4 Å². The van der Waals surface area contributed by atoms with Crippen molar-refractivity contribution in [3.05, 3.63) is 59.1 Å². The zero-order valence-corrected chi connectivity index (χ0v) is 16.3. The molecule has 0 bridgehead atoms. The number of halogens is 1. The van der Waals surface area contributed by atoms with Crippen molar-refractivity contribution in [1.82, 2.24) is 4.90 Å². The summed E-state index contributed by atoms with van der Waals surface area (Å²) in [7, 11) is 1.61. The normalized spacial score (nSPS) is 18.2. The lowest BCUT2D eigenvalue weighted by molar-refractivity contribution is -0.128. The fourth-order valence-corrected chi connectivity index (χ4v) is 3.67. The van der Waals surface area contributed by atoms with E-state index in [2.05, 4.69) is 10.3 Å². The summed E-state index contributed by atoms with van der Waals surface area (Å²) >= 11 is 7.04. The SMILES string of the molecule is CN1C(=O)CC(C(=O)Nc2cccc(C(=O)O)c2)SC1=Nc1ccc(Cl)cc1. The predicted molar refractivity (Wildman–Crippen MR) is 109 cm³/mol. The Labute approximate surface area is 170 Å². The molecule has 2 aromatic rings. The number of amidine groups is 1. The highest BCUT2D eigenvalue weighted by Gasteiger charge is 2.34. The topological polar surface area (TPSA) is 99.1 Å². The minimum absolute atomic E-state index is 0.0191. The lowest BCUT2D eigenvalue weighted by atomic mass is 10.2. The first-order chi connectivity index (χ1) is 13.3. The molecule has 9 heteroatoms. The molecule has 28 heavy (non-hydrogen) atoms. The smallest absolute Gasteiger partial charge is 0.335 e. The van der Waals surface area contributed by atoms with Crippen LogP contribution < -0.4 is 5.32 Å². The van der Waals surface area contributed by atoms with Gasteiger partial charge in [0, 0.05) is 24.2 Å². The molecule has 1 unspecified atom stereocenters. The number of aliphatic imine (C=N–C) groups is 1. The van der Waals surface area contributed by atoms with Gasteiger partial charge in [-0.2, -0.15) is 0 Å². The number of carboxylic acids is 1. The Kier molecular flexibility index (Phi) is 6.01. The van der Waals surface area contributed by atoms with E-state index in [4.69, 9.17) is 16.7 Å². The zero-order chi connectivity index (χ0) is 20.3. The van der Waals surface area contributed by atoms with Gasteiger partial charge in [-0.05, 0) is 42.5 Å². The van der Waals surface area contributed by atoms with E-state index in [0.717, 1.165) is 0 Å². The molecule has 7 nitrogen and oxygen atoms in total. The molecule has 1 heterocycles. The van der Waals surface area contributed by atoms with Gasteiger partial charge in [0.15, 0.2) is 5.17 Å². The maximum absolute atomic E-state index is 12.6. The van der Waals surface area contributed by atoms with E-state index >= 15 is 0 Å². The van der Waals surface area contributed by atoms with Crippen LogP contribution in [0.4, 0.5) is 11.4 Å². The molecular formula is C19H16ClN3O4S. The second-order valence-corrected chi connectivity index (χ2v) is 7.62. The van der Waals surface area contributed by atoms with Gasteiger partial charge in [-0.25, -0.2) is 9.79 Å². The van der Waals surface area contributed by atoms with Crippen LogP contribution in [0.3, 0.4) is 0 Å². The molecule has 0 aromatic heterocycles. The number of carbonyl (C=O) groups excluding carboxylic acids is 2. The first-order valence-corrected chi connectivity index (χ1v) is 9.51. The average molecular weight is 418 g/mol. The summed E-state index contributed by atoms with van der Waals surface area (Å²) in [6.07, 6.45) is 0.0191. The van der Waals surface area contributed by atoms with E-state index in [9.17, 15) is 14.4 Å². The van der Waals surface area contributed by atoms with Crippen molar-refractivity contribution in [3.63, 3.8) is 0 Å². The second-order valence-electron chi connectivity index (χ2n) is 6.01. The molecule has 0 spiro atoms. The minimum Gasteiger partial charge on any atom is -0.478 e. The first-order valence-electron chi connectivity index (χ1n) is 8.25. The van der Waals surface area contributed by atoms with E-state index in [1.807, 2.05) is 0 Å². The molecule has 2 aromatic carbocycles. The summed E-state index contributed by atoms with van der Waals surface area (Å²) < 4.78 is 0. The van der Waals surface area contributed by atoms with Gasteiger partial charge >= 0.3 is 5.97 Å². The summed E-state index contributed by atoms with van der Waals surface area (Å²) in [6, 6.07) is 12.7. The van der Waals surface area contributed by atoms with Crippen LogP contribution in [0.15, 0.2) is 53.5 Å². The van der Waals surface area contributed by atoms with E-state index in [1.54, 1.807) is 43.4 Å². The van der Waals surface area contributed by atoms with Crippen molar-refractivity contribution in [1.29, 1.82) is 0 Å². The number of anilines is 1. The Balaban J connectivity index is 1.77. The number of rotatable bonds is 4. The Morgan fingerprint density at radius 1 is 1.25 bits per heavy atom. The molecule has 0 radical (unpaired) electrons. The fraction of sp³-hybridized carbons (Fsp3) is 0.158. The molecule has 2 amide bonds. The van der Waals surface area contributed by atoms with Gasteiger partial charge in [-0.1, -0.05) is 29.4 Å². The third-order valence-electron chi connectivity index (χ3n) is 3.99. The van der Waals surface area contributed by atoms with Gasteiger partial charge in [0.2, 0.25) is 11.8 Å². The van der Waals surface area contributed by atoms with Crippen molar-refractivity contribution in [3.8, 4) is 0 Å². The van der Waals surface area contributed by atoms with Crippen molar-refractivity contribution in [2.24, 2.45) is 4.99 Å². The highest BCUT2D eigenvalue weighted by Crippen LogP contribution is 2.29. The Hall–Kier alpha value is -2.84. The number of carboxylic acid groups (broad SMARTS) is 1. The van der Waals surface area contributed by atoms with E-state index in [-0.39, 0.29) is 17.9 Å². The number of nitrogens with zero attached hydrogens (tertiary/aromatic N) is 2. The van der Waals surface area contributed by atoms with Gasteiger partial charge in [0.25, 0.3) is 0 Å². The molecule has 1 aliphatic rings. The van der Waals surface area contributed by atoms with Crippen molar-refractivity contribution in [2.45, 2.75) is 11.7 Å². The second kappa shape index (κ2) is 8.45. The van der Waals surface area contributed by atoms with Crippen LogP contribution in [0.2, 0.25) is 5.02 Å². The number of aromatic carboxylic acids is 1. The molecule has 144 valence electrons. The number of hydrogen-bond acceptors (Lipinski definition) is 5. The van der Waals surface area contributed by atoms with Crippen LogP contribution in [0, 0.1) is 0 Å². The lowest BCUT2D eigenvalue weighted by Gasteiger charge is -2.28. The highest BCUT2D eigenvalue weighted by atomic mass is 35.5. The van der Waals surface area contributed by atoms with Crippen LogP contribution in [0.25, 0.3) is 0 Å². The van der Waals surface area contributed by atoms with Gasteiger partial charge in [0.05, 0.1) is 11.3 Å². The highest BCUT2D eigenvalue weighted by molar-refractivity contribution is 8.15. The molecule has 0 aliphatic carbocycles. The fourth-order valence-electron chi connectivity index (χ4n) is 2.48. The molecular weight excluding hydrogens is 402 g/mol. The molecule has 1 aliphatic heterocycles. The Morgan fingerprint density at radius 2 is 1.96 bits per heavy atom. The summed E-state index contributed by atoms with van der Waals surface area (Å²) in [4.78, 5) is 41.8. The van der Waals surface area contributed by atoms with Crippen molar-refractivity contribution >= 4 is 57.7 Å². The largest absolute Gasteiger partial charge is 0.478 e. The van der Waals surface area contributed by atoms with E-state index < -0.39 is 17.1 Å². The monoisotopic (exact) mass is 417 g/mol. The number of thioether (sulfide) groups is 1. The summed E-state index contributed by atoms with van der Waals surface area (Å²) in [6.45, 7) is 0. The van der Waals surface area contributed by atoms with E-state index in [0.29, 0.717) is 21.6 Å². The number of benzene rings is 2. The lowest BCUT2D eigenvalue weighted by Crippen LogP contribution is -2.43. The van der Waals surface area contributed by atoms with Crippen LogP contribution in [-0.2, 0) is 9.59 Å². The van der Waals surface area contributed by atoms with Gasteiger partial charge < -0.3 is 10.4 Å². The minimum atomic E-state index is -1.09. The summed E-state index contributed by atoms with van der Waals surface area (Å²) in [5.74, 6) is -1.71. The quantitative estimate of drug-likeness (QED) is 0.791. The zero-order valence-electron chi connectivity index (χ0n) is 14.8. The van der Waals surface area contributed by atoms with Gasteiger partial charge in [-0.15, -0.1) is 0 Å². The summed E-state index contributed by atoms with van der Waals surface area (Å²) in [5, 5.41) is 12.0. The maximum atomic E-state index is 12.6. The van der Waals surface area contributed by atoms with Crippen LogP contribution in [0.1, 0.15) is 16.8 Å². The van der Waals surface area contributed by atoms with Crippen LogP contribution in [-0.4, -0.2) is 45.3 Å². The number of nitrogens with one attached hydrogen (secondary N) is 1. The molecule has 2 N–H and O–H groups in total. The third kappa shape index (κ3) is 4.71. The molecule has 1 fully saturated rings. The van der Waals surface area contributed by atoms with Gasteiger partial charge in [-0.3, -0.25) is 14.5 Å². The molecule has 1 atom stereocenters.